The molecule has 1 aromatic carbocycles. The van der Waals surface area contributed by atoms with E-state index in [9.17, 15) is 4.39 Å². The highest BCUT2D eigenvalue weighted by Crippen LogP contribution is 2.16. The Morgan fingerprint density at radius 2 is 1.70 bits per heavy atom. The van der Waals surface area contributed by atoms with Gasteiger partial charge in [0.05, 0.1) is 11.3 Å². The smallest absolute Gasteiger partial charge is 0.124 e. The molecule has 110 valence electrons. The summed E-state index contributed by atoms with van der Waals surface area (Å²) in [5.74, 6) is -0.362. The van der Waals surface area contributed by atoms with Crippen LogP contribution in [0.15, 0.2) is 18.2 Å². The van der Waals surface area contributed by atoms with E-state index in [4.69, 9.17) is 5.26 Å². The van der Waals surface area contributed by atoms with Gasteiger partial charge in [0, 0.05) is 6.54 Å². The number of hydrogen-bond acceptors (Lipinski definition) is 2. The average molecular weight is 276 g/mol. The summed E-state index contributed by atoms with van der Waals surface area (Å²) in [6, 6.07) is 6.31. The summed E-state index contributed by atoms with van der Waals surface area (Å²) in [5.41, 5.74) is 1.11. The monoisotopic (exact) mass is 276 g/mol. The molecule has 3 heteroatoms. The van der Waals surface area contributed by atoms with Gasteiger partial charge in [0.15, 0.2) is 0 Å². The van der Waals surface area contributed by atoms with E-state index >= 15 is 0 Å². The molecule has 0 heterocycles. The van der Waals surface area contributed by atoms with Gasteiger partial charge in [-0.2, -0.15) is 5.26 Å². The molecular weight excluding hydrogens is 251 g/mol. The van der Waals surface area contributed by atoms with Crippen LogP contribution in [0.4, 0.5) is 10.1 Å². The number of nitrogens with zero attached hydrogens (tertiary/aromatic N) is 1. The number of anilines is 1. The fraction of sp³-hybridized carbons (Fsp3) is 0.588. The highest BCUT2D eigenvalue weighted by atomic mass is 19.1. The molecule has 0 aliphatic rings. The van der Waals surface area contributed by atoms with E-state index in [-0.39, 0.29) is 5.82 Å². The third kappa shape index (κ3) is 6.56. The van der Waals surface area contributed by atoms with E-state index in [1.54, 1.807) is 6.07 Å². The Kier molecular flexibility index (Phi) is 8.46. The van der Waals surface area contributed by atoms with Crippen molar-refractivity contribution in [2.24, 2.45) is 0 Å². The van der Waals surface area contributed by atoms with E-state index in [1.807, 2.05) is 6.07 Å². The van der Waals surface area contributed by atoms with Gasteiger partial charge in [-0.15, -0.1) is 0 Å². The van der Waals surface area contributed by atoms with Gasteiger partial charge in [-0.25, -0.2) is 4.39 Å². The summed E-state index contributed by atoms with van der Waals surface area (Å²) in [4.78, 5) is 0. The third-order valence-electron chi connectivity index (χ3n) is 3.45. The predicted molar refractivity (Wildman–Crippen MR) is 82.2 cm³/mol. The molecule has 20 heavy (non-hydrogen) atoms. The van der Waals surface area contributed by atoms with Gasteiger partial charge in [-0.05, 0) is 24.6 Å². The van der Waals surface area contributed by atoms with Crippen LogP contribution in [0.5, 0.6) is 0 Å². The number of nitrogens with one attached hydrogen (secondary N) is 1. The Balaban J connectivity index is 2.11. The maximum Gasteiger partial charge on any atom is 0.124 e. The topological polar surface area (TPSA) is 35.8 Å². The Hall–Kier alpha value is -1.56. The largest absolute Gasteiger partial charge is 0.384 e. The van der Waals surface area contributed by atoms with Crippen molar-refractivity contribution in [3.05, 3.63) is 29.6 Å². The SMILES string of the molecule is CCCCCCCCCCNc1ccc(F)cc1C#N. The Labute approximate surface area is 122 Å². The first kappa shape index (κ1) is 16.5. The van der Waals surface area contributed by atoms with E-state index in [0.29, 0.717) is 5.56 Å². The van der Waals surface area contributed by atoms with Gasteiger partial charge < -0.3 is 5.32 Å². The lowest BCUT2D eigenvalue weighted by Gasteiger charge is -2.08. The second kappa shape index (κ2) is 10.3. The first-order valence-corrected chi connectivity index (χ1v) is 7.71. The second-order valence-corrected chi connectivity index (χ2v) is 5.20. The number of halogens is 1. The zero-order chi connectivity index (χ0) is 14.6. The molecule has 1 rings (SSSR count). The fourth-order valence-electron chi connectivity index (χ4n) is 2.25. The minimum Gasteiger partial charge on any atom is -0.384 e. The third-order valence-corrected chi connectivity index (χ3v) is 3.45. The van der Waals surface area contributed by atoms with Gasteiger partial charge in [-0.1, -0.05) is 51.9 Å². The minimum absolute atomic E-state index is 0.362. The summed E-state index contributed by atoms with van der Waals surface area (Å²) >= 11 is 0. The number of rotatable bonds is 10. The van der Waals surface area contributed by atoms with Gasteiger partial charge in [0.2, 0.25) is 0 Å². The van der Waals surface area contributed by atoms with E-state index < -0.39 is 0 Å². The van der Waals surface area contributed by atoms with Gasteiger partial charge in [-0.3, -0.25) is 0 Å². The van der Waals surface area contributed by atoms with Gasteiger partial charge >= 0.3 is 0 Å². The standard InChI is InChI=1S/C17H25FN2/c1-2-3-4-5-6-7-8-9-12-20-17-11-10-16(18)13-15(17)14-19/h10-11,13,20H,2-9,12H2,1H3. The van der Waals surface area contributed by atoms with Crippen LogP contribution in [0, 0.1) is 17.1 Å². The molecule has 0 fully saturated rings. The summed E-state index contributed by atoms with van der Waals surface area (Å²) in [7, 11) is 0. The zero-order valence-electron chi connectivity index (χ0n) is 12.4. The number of unbranched alkanes of at least 4 members (excludes halogenated alkanes) is 7. The maximum atomic E-state index is 13.0. The van der Waals surface area contributed by atoms with Crippen molar-refractivity contribution in [2.45, 2.75) is 58.3 Å². The van der Waals surface area contributed by atoms with Crippen LogP contribution in [0.3, 0.4) is 0 Å². The Bertz CT molecular complexity index is 423. The number of hydrogen-bond donors (Lipinski definition) is 1. The van der Waals surface area contributed by atoms with Crippen molar-refractivity contribution in [3.63, 3.8) is 0 Å². The van der Waals surface area contributed by atoms with Crippen LogP contribution in [-0.2, 0) is 0 Å². The highest BCUT2D eigenvalue weighted by Gasteiger charge is 2.02. The Morgan fingerprint density at radius 3 is 2.35 bits per heavy atom. The second-order valence-electron chi connectivity index (χ2n) is 5.20. The number of nitriles is 1. The van der Waals surface area contributed by atoms with Crippen LogP contribution in [0.1, 0.15) is 63.9 Å². The lowest BCUT2D eigenvalue weighted by Crippen LogP contribution is -2.03. The summed E-state index contributed by atoms with van der Waals surface area (Å²) in [6.45, 7) is 3.08. The molecule has 2 nitrogen and oxygen atoms in total. The van der Waals surface area contributed by atoms with Crippen molar-refractivity contribution in [2.75, 3.05) is 11.9 Å². The molecule has 1 aromatic rings. The lowest BCUT2D eigenvalue weighted by atomic mass is 10.1. The molecule has 0 saturated heterocycles. The molecular formula is C17H25FN2. The predicted octanol–water partition coefficient (Wildman–Crippen LogP) is 5.25. The van der Waals surface area contributed by atoms with Crippen LogP contribution >= 0.6 is 0 Å². The fourth-order valence-corrected chi connectivity index (χ4v) is 2.25. The van der Waals surface area contributed by atoms with Crippen LogP contribution in [0.2, 0.25) is 0 Å². The summed E-state index contributed by atoms with van der Waals surface area (Å²) < 4.78 is 13.0. The van der Waals surface area contributed by atoms with Gasteiger partial charge in [0.25, 0.3) is 0 Å². The molecule has 0 aliphatic heterocycles. The quantitative estimate of drug-likeness (QED) is 0.592. The van der Waals surface area contributed by atoms with Crippen LogP contribution < -0.4 is 5.32 Å². The normalized spacial score (nSPS) is 10.2. The summed E-state index contributed by atoms with van der Waals surface area (Å²) in [6.07, 6.45) is 10.2. The molecule has 0 bridgehead atoms. The van der Waals surface area contributed by atoms with Gasteiger partial charge in [0.1, 0.15) is 11.9 Å². The highest BCUT2D eigenvalue weighted by molar-refractivity contribution is 5.57. The molecule has 0 atom stereocenters. The molecule has 0 radical (unpaired) electrons. The van der Waals surface area contributed by atoms with Crippen molar-refractivity contribution in [1.29, 1.82) is 5.26 Å². The van der Waals surface area contributed by atoms with Crippen molar-refractivity contribution < 1.29 is 4.39 Å². The molecule has 0 spiro atoms. The molecule has 1 N–H and O–H groups in total. The molecule has 0 unspecified atom stereocenters. The zero-order valence-corrected chi connectivity index (χ0v) is 12.4. The first-order chi connectivity index (χ1) is 9.77. The molecule has 0 saturated carbocycles. The average Bonchev–Trinajstić information content (AvgIpc) is 2.46. The maximum absolute atomic E-state index is 13.0. The lowest BCUT2D eigenvalue weighted by molar-refractivity contribution is 0.581. The molecule has 0 aliphatic carbocycles. The number of benzene rings is 1. The minimum atomic E-state index is -0.362. The Morgan fingerprint density at radius 1 is 1.05 bits per heavy atom. The van der Waals surface area contributed by atoms with E-state index in [1.165, 1.54) is 57.1 Å². The van der Waals surface area contributed by atoms with Crippen LogP contribution in [0.25, 0.3) is 0 Å². The van der Waals surface area contributed by atoms with Crippen molar-refractivity contribution >= 4 is 5.69 Å². The first-order valence-electron chi connectivity index (χ1n) is 7.71. The molecule has 0 aromatic heterocycles. The van der Waals surface area contributed by atoms with E-state index in [0.717, 1.165) is 18.7 Å². The van der Waals surface area contributed by atoms with Crippen molar-refractivity contribution in [3.8, 4) is 6.07 Å². The molecule has 0 amide bonds. The van der Waals surface area contributed by atoms with Crippen molar-refractivity contribution in [1.82, 2.24) is 0 Å². The van der Waals surface area contributed by atoms with E-state index in [2.05, 4.69) is 12.2 Å². The summed E-state index contributed by atoms with van der Waals surface area (Å²) in [5, 5.41) is 12.1. The van der Waals surface area contributed by atoms with Crippen LogP contribution in [-0.4, -0.2) is 6.54 Å².